The van der Waals surface area contributed by atoms with Gasteiger partial charge >= 0.3 is 0 Å². The van der Waals surface area contributed by atoms with Gasteiger partial charge in [0.1, 0.15) is 5.58 Å². The number of hydrogen-bond donors (Lipinski definition) is 1. The summed E-state index contributed by atoms with van der Waals surface area (Å²) < 4.78 is 6.79. The first-order chi connectivity index (χ1) is 10.3. The topological polar surface area (TPSA) is 25.2 Å². The Bertz CT molecular complexity index is 743. The van der Waals surface area contributed by atoms with Crippen LogP contribution < -0.4 is 5.32 Å². The molecule has 3 aromatic rings. The molecule has 21 heavy (non-hydrogen) atoms. The van der Waals surface area contributed by atoms with Gasteiger partial charge in [0.15, 0.2) is 0 Å². The lowest BCUT2D eigenvalue weighted by atomic mass is 10.2. The molecule has 0 aliphatic carbocycles. The van der Waals surface area contributed by atoms with Crippen LogP contribution in [-0.4, -0.2) is 6.54 Å². The van der Waals surface area contributed by atoms with Crippen molar-refractivity contribution < 1.29 is 4.42 Å². The van der Waals surface area contributed by atoms with E-state index >= 15 is 0 Å². The first-order valence-electron chi connectivity index (χ1n) is 6.91. The van der Waals surface area contributed by atoms with Gasteiger partial charge in [0.2, 0.25) is 0 Å². The molecule has 0 bridgehead atoms. The average molecular weight is 389 g/mol. The molecule has 0 saturated heterocycles. The Kier molecular flexibility index (Phi) is 4.72. The zero-order valence-corrected chi connectivity index (χ0v) is 13.7. The third-order valence-corrected chi connectivity index (χ3v) is 4.04. The summed E-state index contributed by atoms with van der Waals surface area (Å²) in [6.45, 7) is 1.65. The van der Waals surface area contributed by atoms with E-state index in [4.69, 9.17) is 4.42 Å². The Morgan fingerprint density at radius 3 is 2.71 bits per heavy atom. The number of furan rings is 1. The normalized spacial score (nSPS) is 11.5. The van der Waals surface area contributed by atoms with Crippen LogP contribution in [0.15, 0.2) is 65.3 Å². The van der Waals surface area contributed by atoms with E-state index in [-0.39, 0.29) is 0 Å². The van der Waals surface area contributed by atoms with E-state index in [1.165, 1.54) is 20.1 Å². The van der Waals surface area contributed by atoms with Crippen LogP contribution in [-0.2, 0) is 6.54 Å². The smallest absolute Gasteiger partial charge is 0.134 e. The van der Waals surface area contributed by atoms with Gasteiger partial charge in [0.25, 0.3) is 0 Å². The van der Waals surface area contributed by atoms with E-state index in [2.05, 4.69) is 70.4 Å². The highest BCUT2D eigenvalue weighted by Gasteiger charge is 2.03. The van der Waals surface area contributed by atoms with Crippen LogP contribution in [0.25, 0.3) is 17.0 Å². The Morgan fingerprint density at radius 2 is 1.86 bits per heavy atom. The van der Waals surface area contributed by atoms with Crippen molar-refractivity contribution in [1.29, 1.82) is 0 Å². The van der Waals surface area contributed by atoms with Crippen LogP contribution in [0.4, 0.5) is 0 Å². The zero-order valence-electron chi connectivity index (χ0n) is 11.6. The minimum absolute atomic E-state index is 0.814. The Balaban J connectivity index is 1.53. The number of fused-ring (bicyclic) bond motifs is 1. The Labute approximate surface area is 138 Å². The largest absolute Gasteiger partial charge is 0.464 e. The molecule has 0 spiro atoms. The summed E-state index contributed by atoms with van der Waals surface area (Å²) in [6.07, 6.45) is 6.11. The molecule has 0 atom stereocenters. The minimum atomic E-state index is 0.814. The maximum atomic E-state index is 5.53. The van der Waals surface area contributed by atoms with E-state index in [1.54, 1.807) is 0 Å². The molecule has 3 heteroatoms. The lowest BCUT2D eigenvalue weighted by Crippen LogP contribution is -2.12. The van der Waals surface area contributed by atoms with Crippen LogP contribution >= 0.6 is 22.6 Å². The molecule has 0 saturated carbocycles. The minimum Gasteiger partial charge on any atom is -0.464 e. The van der Waals surface area contributed by atoms with Gasteiger partial charge in [0.05, 0.1) is 6.26 Å². The fourth-order valence-corrected chi connectivity index (χ4v) is 2.59. The van der Waals surface area contributed by atoms with E-state index in [0.29, 0.717) is 0 Å². The average Bonchev–Trinajstić information content (AvgIpc) is 2.92. The van der Waals surface area contributed by atoms with Gasteiger partial charge in [-0.2, -0.15) is 0 Å². The monoisotopic (exact) mass is 389 g/mol. The molecule has 0 aliphatic rings. The van der Waals surface area contributed by atoms with Gasteiger partial charge < -0.3 is 9.73 Å². The predicted molar refractivity (Wildman–Crippen MR) is 96.1 cm³/mol. The van der Waals surface area contributed by atoms with E-state index in [0.717, 1.165) is 18.7 Å². The summed E-state index contributed by atoms with van der Waals surface area (Å²) in [5.74, 6) is 0. The molecule has 106 valence electrons. The van der Waals surface area contributed by atoms with Gasteiger partial charge in [0, 0.05) is 27.6 Å². The van der Waals surface area contributed by atoms with E-state index < -0.39 is 0 Å². The van der Waals surface area contributed by atoms with E-state index in [1.807, 2.05) is 24.5 Å². The highest BCUT2D eigenvalue weighted by Crippen LogP contribution is 2.20. The van der Waals surface area contributed by atoms with Crippen LogP contribution in [0.2, 0.25) is 0 Å². The first-order valence-corrected chi connectivity index (χ1v) is 7.99. The quantitative estimate of drug-likeness (QED) is 0.499. The number of hydrogen-bond acceptors (Lipinski definition) is 2. The highest BCUT2D eigenvalue weighted by atomic mass is 127. The summed E-state index contributed by atoms with van der Waals surface area (Å²) in [5.41, 5.74) is 3.38. The zero-order chi connectivity index (χ0) is 14.5. The van der Waals surface area contributed by atoms with Crippen molar-refractivity contribution in [2.45, 2.75) is 6.54 Å². The SMILES string of the molecule is Ic1ccc(/C=C/CNCc2coc3ccccc23)cc1. The van der Waals surface area contributed by atoms with Crippen LogP contribution in [0, 0.1) is 3.57 Å². The Hall–Kier alpha value is -1.59. The summed E-state index contributed by atoms with van der Waals surface area (Å²) in [6, 6.07) is 16.6. The summed E-state index contributed by atoms with van der Waals surface area (Å²) in [4.78, 5) is 0. The molecule has 3 rings (SSSR count). The second kappa shape index (κ2) is 6.91. The summed E-state index contributed by atoms with van der Waals surface area (Å²) >= 11 is 2.31. The number of halogens is 1. The van der Waals surface area contributed by atoms with Crippen molar-refractivity contribution in [3.63, 3.8) is 0 Å². The fourth-order valence-electron chi connectivity index (χ4n) is 2.23. The van der Waals surface area contributed by atoms with Gasteiger partial charge in [-0.1, -0.05) is 42.5 Å². The molecule has 0 radical (unpaired) electrons. The maximum absolute atomic E-state index is 5.53. The maximum Gasteiger partial charge on any atom is 0.134 e. The van der Waals surface area contributed by atoms with E-state index in [9.17, 15) is 0 Å². The number of nitrogens with one attached hydrogen (secondary N) is 1. The number of rotatable bonds is 5. The Morgan fingerprint density at radius 1 is 1.05 bits per heavy atom. The molecule has 0 aliphatic heterocycles. The molecule has 1 aromatic heterocycles. The molecule has 2 aromatic carbocycles. The molecule has 0 unspecified atom stereocenters. The standard InChI is InChI=1S/C18H16INO/c19-16-9-7-14(8-10-16)4-3-11-20-12-15-13-21-18-6-2-1-5-17(15)18/h1-10,13,20H,11-12H2/b4-3+. The molecule has 0 amide bonds. The lowest BCUT2D eigenvalue weighted by Gasteiger charge is -1.99. The third-order valence-electron chi connectivity index (χ3n) is 3.32. The van der Waals surface area contributed by atoms with Gasteiger partial charge in [-0.25, -0.2) is 0 Å². The van der Waals surface area contributed by atoms with Crippen molar-refractivity contribution in [3.8, 4) is 0 Å². The van der Waals surface area contributed by atoms with Crippen molar-refractivity contribution in [1.82, 2.24) is 5.32 Å². The predicted octanol–water partition coefficient (Wildman–Crippen LogP) is 4.84. The summed E-state index contributed by atoms with van der Waals surface area (Å²) in [7, 11) is 0. The molecular weight excluding hydrogens is 373 g/mol. The second-order valence-electron chi connectivity index (χ2n) is 4.84. The second-order valence-corrected chi connectivity index (χ2v) is 6.09. The molecule has 1 heterocycles. The molecule has 1 N–H and O–H groups in total. The fraction of sp³-hybridized carbons (Fsp3) is 0.111. The van der Waals surface area contributed by atoms with Gasteiger partial charge in [-0.05, 0) is 46.4 Å². The lowest BCUT2D eigenvalue weighted by molar-refractivity contribution is 0.606. The molecular formula is C18H16INO. The van der Waals surface area contributed by atoms with Gasteiger partial charge in [-0.3, -0.25) is 0 Å². The van der Waals surface area contributed by atoms with Crippen LogP contribution in [0.3, 0.4) is 0 Å². The van der Waals surface area contributed by atoms with Crippen LogP contribution in [0.1, 0.15) is 11.1 Å². The molecule has 0 fully saturated rings. The third kappa shape index (κ3) is 3.74. The van der Waals surface area contributed by atoms with Gasteiger partial charge in [-0.15, -0.1) is 0 Å². The van der Waals surface area contributed by atoms with Crippen LogP contribution in [0.5, 0.6) is 0 Å². The summed E-state index contributed by atoms with van der Waals surface area (Å²) in [5, 5.41) is 4.60. The number of benzene rings is 2. The van der Waals surface area contributed by atoms with Crippen molar-refractivity contribution in [2.75, 3.05) is 6.54 Å². The van der Waals surface area contributed by atoms with Crippen molar-refractivity contribution >= 4 is 39.6 Å². The number of para-hydroxylation sites is 1. The first kappa shape index (κ1) is 14.4. The molecule has 2 nitrogen and oxygen atoms in total. The van der Waals surface area contributed by atoms with Crippen molar-refractivity contribution in [3.05, 3.63) is 75.6 Å². The highest BCUT2D eigenvalue weighted by molar-refractivity contribution is 14.1. The van der Waals surface area contributed by atoms with Crippen molar-refractivity contribution in [2.24, 2.45) is 0 Å².